The summed E-state index contributed by atoms with van der Waals surface area (Å²) in [6, 6.07) is 12.1. The van der Waals surface area contributed by atoms with E-state index in [1.165, 1.54) is 36.4 Å². The van der Waals surface area contributed by atoms with Crippen LogP contribution >= 0.6 is 46.4 Å². The molecule has 400 valence electrons. The molecule has 4 heterocycles. The van der Waals surface area contributed by atoms with Crippen molar-refractivity contribution in [2.24, 2.45) is 22.1 Å². The summed E-state index contributed by atoms with van der Waals surface area (Å²) < 4.78 is 161. The lowest BCUT2D eigenvalue weighted by molar-refractivity contribution is -0.276. The Hall–Kier alpha value is -4.50. The molecule has 28 heteroatoms. The van der Waals surface area contributed by atoms with Crippen molar-refractivity contribution in [3.05, 3.63) is 137 Å². The van der Waals surface area contributed by atoms with E-state index in [-0.39, 0.29) is 74.0 Å². The number of aryl methyl sites for hydroxylation is 2. The van der Waals surface area contributed by atoms with Crippen molar-refractivity contribution in [3.8, 4) is 0 Å². The molecule has 4 atom stereocenters. The van der Waals surface area contributed by atoms with Crippen molar-refractivity contribution >= 4 is 89.4 Å². The second-order valence-corrected chi connectivity index (χ2v) is 23.3. The summed E-state index contributed by atoms with van der Waals surface area (Å²) in [5, 5.41) is 4.98. The standard InChI is InChI=1S/2C23H20Cl2F4N2O5S/c2*1-12-5-14(3-4-16(12)20(32)6-13-10-31(35-11-13)37(2,33)34)19-9-22(36-30-19,23(27,28)29)15-7-17(24)21(26)18(25)8-15/h2*3-5,7-8,13H,6,9-11H2,1-2H3/t13-,22+;13-,22-/m10/s1. The van der Waals surface area contributed by atoms with Crippen LogP contribution in [0.1, 0.15) is 79.8 Å². The van der Waals surface area contributed by atoms with Crippen LogP contribution in [0.2, 0.25) is 20.1 Å². The molecule has 0 aromatic heterocycles. The summed E-state index contributed by atoms with van der Waals surface area (Å²) in [7, 11) is -7.09. The van der Waals surface area contributed by atoms with Gasteiger partial charge in [-0.1, -0.05) is 89.9 Å². The third kappa shape index (κ3) is 11.7. The number of hydrogen-bond donors (Lipinski definition) is 0. The topological polar surface area (TPSA) is 171 Å². The van der Waals surface area contributed by atoms with E-state index >= 15 is 0 Å². The molecular weight excluding hydrogens is 1130 g/mol. The molecule has 4 aliphatic rings. The molecule has 74 heavy (non-hydrogen) atoms. The molecule has 2 saturated heterocycles. The molecule has 14 nitrogen and oxygen atoms in total. The Bertz CT molecular complexity index is 2960. The van der Waals surface area contributed by atoms with E-state index in [1.54, 1.807) is 13.8 Å². The van der Waals surface area contributed by atoms with Crippen molar-refractivity contribution in [2.75, 3.05) is 38.8 Å². The molecule has 4 aromatic carbocycles. The van der Waals surface area contributed by atoms with Gasteiger partial charge in [0.1, 0.15) is 0 Å². The molecule has 0 amide bonds. The monoisotopic (exact) mass is 1160 g/mol. The fourth-order valence-corrected chi connectivity index (χ4v) is 10.9. The van der Waals surface area contributed by atoms with Gasteiger partial charge in [-0.25, -0.2) is 25.6 Å². The minimum atomic E-state index is -4.95. The maximum atomic E-state index is 14.2. The molecule has 8 rings (SSSR count). The molecule has 0 radical (unpaired) electrons. The van der Waals surface area contributed by atoms with Gasteiger partial charge in [0.25, 0.3) is 11.2 Å². The molecular formula is C46H40Cl4F8N4O10S2. The van der Waals surface area contributed by atoms with Crippen LogP contribution in [0, 0.1) is 37.3 Å². The molecule has 4 aliphatic heterocycles. The highest BCUT2D eigenvalue weighted by atomic mass is 35.5. The van der Waals surface area contributed by atoms with Crippen molar-refractivity contribution < 1.29 is 80.9 Å². The van der Waals surface area contributed by atoms with Gasteiger partial charge in [0.15, 0.2) is 23.2 Å². The second kappa shape index (κ2) is 21.1. The highest BCUT2D eigenvalue weighted by molar-refractivity contribution is 7.88. The maximum Gasteiger partial charge on any atom is 0.435 e. The number of hydrogen-bond acceptors (Lipinski definition) is 12. The third-order valence-corrected chi connectivity index (χ3v) is 15.5. The fourth-order valence-electron chi connectivity index (χ4n) is 8.47. The van der Waals surface area contributed by atoms with Crippen LogP contribution < -0.4 is 0 Å². The molecule has 0 aliphatic carbocycles. The number of oxime groups is 2. The SMILES string of the molecule is Cc1cc(C2=NO[C@@](c3cc(Cl)c(F)c(Cl)c3)(C(F)(F)F)C2)ccc1C(=O)C[C@@H]1CON(S(C)(=O)=O)C1.Cc1cc(C2=NO[C@@](c3cc(Cl)c(F)c(Cl)c3)(C(F)(F)F)C2)ccc1C(=O)C[C@H]1CON(S(C)(=O)=O)C1. The normalized spacial score (nSPS) is 22.7. The van der Waals surface area contributed by atoms with E-state index in [0.29, 0.717) is 33.4 Å². The van der Waals surface area contributed by atoms with Crippen molar-refractivity contribution in [1.82, 2.24) is 8.94 Å². The Morgan fingerprint density at radius 1 is 0.608 bits per heavy atom. The van der Waals surface area contributed by atoms with Gasteiger partial charge in [-0.05, 0) is 72.5 Å². The number of hydroxylamine groups is 2. The first-order valence-corrected chi connectivity index (χ1v) is 26.9. The Morgan fingerprint density at radius 2 is 0.932 bits per heavy atom. The van der Waals surface area contributed by atoms with Crippen LogP contribution in [0.4, 0.5) is 35.1 Å². The summed E-state index contributed by atoms with van der Waals surface area (Å²) in [6.07, 6.45) is -9.30. The van der Waals surface area contributed by atoms with Crippen LogP contribution in [0.5, 0.6) is 0 Å². The van der Waals surface area contributed by atoms with Gasteiger partial charge < -0.3 is 9.68 Å². The smallest absolute Gasteiger partial charge is 0.374 e. The van der Waals surface area contributed by atoms with Gasteiger partial charge >= 0.3 is 12.4 Å². The van der Waals surface area contributed by atoms with Crippen LogP contribution in [0.25, 0.3) is 0 Å². The molecule has 0 saturated carbocycles. The molecule has 0 unspecified atom stereocenters. The molecule has 2 fully saturated rings. The number of ketones is 2. The largest absolute Gasteiger partial charge is 0.435 e. The first-order chi connectivity index (χ1) is 34.2. The summed E-state index contributed by atoms with van der Waals surface area (Å²) in [5.41, 5.74) is -4.70. The summed E-state index contributed by atoms with van der Waals surface area (Å²) >= 11 is 22.9. The van der Waals surface area contributed by atoms with E-state index < -0.39 is 99.3 Å². The van der Waals surface area contributed by atoms with Gasteiger partial charge in [-0.2, -0.15) is 26.3 Å². The van der Waals surface area contributed by atoms with Gasteiger partial charge in [0.05, 0.1) is 57.2 Å². The highest BCUT2D eigenvalue weighted by Crippen LogP contribution is 2.52. The zero-order valence-corrected chi connectivity index (χ0v) is 43.5. The average molecular weight is 1170 g/mol. The number of halogens is 12. The van der Waals surface area contributed by atoms with E-state index in [9.17, 15) is 61.5 Å². The average Bonchev–Trinajstić information content (AvgIpc) is 4.14. The van der Waals surface area contributed by atoms with Gasteiger partial charge in [0.2, 0.25) is 20.0 Å². The summed E-state index contributed by atoms with van der Waals surface area (Å²) in [6.45, 7) is 3.48. The predicted octanol–water partition coefficient (Wildman–Crippen LogP) is 10.8. The fraction of sp³-hybridized carbons (Fsp3) is 0.391. The zero-order chi connectivity index (χ0) is 54.7. The van der Waals surface area contributed by atoms with E-state index in [0.717, 1.165) is 45.7 Å². The lowest BCUT2D eigenvalue weighted by Gasteiger charge is -2.29. The van der Waals surface area contributed by atoms with E-state index in [2.05, 4.69) is 10.3 Å². The quantitative estimate of drug-likeness (QED) is 0.0755. The predicted molar refractivity (Wildman–Crippen MR) is 255 cm³/mol. The van der Waals surface area contributed by atoms with Crippen LogP contribution in [-0.2, 0) is 50.6 Å². The van der Waals surface area contributed by atoms with Gasteiger partial charge in [-0.15, -0.1) is 0 Å². The van der Waals surface area contributed by atoms with Crippen molar-refractivity contribution in [3.63, 3.8) is 0 Å². The van der Waals surface area contributed by atoms with Gasteiger partial charge in [-0.3, -0.25) is 19.3 Å². The van der Waals surface area contributed by atoms with Gasteiger partial charge in [0, 0.05) is 72.9 Å². The van der Waals surface area contributed by atoms with Crippen LogP contribution in [0.3, 0.4) is 0 Å². The number of nitrogens with zero attached hydrogens (tertiary/aromatic N) is 4. The Balaban J connectivity index is 0.000000216. The van der Waals surface area contributed by atoms with Crippen molar-refractivity contribution in [2.45, 2.75) is 63.1 Å². The number of carbonyl (C=O) groups is 2. The lowest BCUT2D eigenvalue weighted by atomic mass is 9.86. The highest BCUT2D eigenvalue weighted by Gasteiger charge is 2.64. The van der Waals surface area contributed by atoms with Crippen LogP contribution in [0.15, 0.2) is 71.0 Å². The maximum absolute atomic E-state index is 14.2. The number of rotatable bonds is 12. The van der Waals surface area contributed by atoms with Crippen molar-refractivity contribution in [1.29, 1.82) is 0 Å². The summed E-state index contributed by atoms with van der Waals surface area (Å²) in [5.74, 6) is -3.30. The zero-order valence-electron chi connectivity index (χ0n) is 38.8. The first-order valence-electron chi connectivity index (χ1n) is 21.7. The molecule has 0 spiro atoms. The Labute approximate surface area is 438 Å². The Morgan fingerprint density at radius 3 is 1.20 bits per heavy atom. The number of carbonyl (C=O) groups excluding carboxylic acids is 2. The number of alkyl halides is 6. The molecule has 4 aromatic rings. The minimum absolute atomic E-state index is 0.0273. The lowest BCUT2D eigenvalue weighted by Crippen LogP contribution is -2.42. The van der Waals surface area contributed by atoms with E-state index in [4.69, 9.17) is 65.8 Å². The third-order valence-electron chi connectivity index (χ3n) is 12.4. The van der Waals surface area contributed by atoms with E-state index in [1.807, 2.05) is 0 Å². The number of sulfonamides is 2. The Kier molecular flexibility index (Phi) is 16.3. The number of Topliss-reactive ketones (excluding diaryl/α,β-unsaturated/α-hetero) is 2. The number of benzene rings is 4. The minimum Gasteiger partial charge on any atom is -0.374 e. The summed E-state index contributed by atoms with van der Waals surface area (Å²) in [4.78, 5) is 45.8. The second-order valence-electron chi connectivity index (χ2n) is 17.9. The van der Waals surface area contributed by atoms with Crippen LogP contribution in [-0.4, -0.2) is 99.9 Å². The molecule has 0 bridgehead atoms. The first kappa shape index (κ1) is 57.2. The molecule has 0 N–H and O–H groups in total.